The predicted molar refractivity (Wildman–Crippen MR) is 84.4 cm³/mol. The maximum atomic E-state index is 12.2. The van der Waals surface area contributed by atoms with Crippen LogP contribution in [0.3, 0.4) is 0 Å². The Kier molecular flexibility index (Phi) is 4.73. The van der Waals surface area contributed by atoms with Gasteiger partial charge >= 0.3 is 0 Å². The molecule has 0 aliphatic carbocycles. The van der Waals surface area contributed by atoms with E-state index in [2.05, 4.69) is 5.32 Å². The third-order valence-corrected chi connectivity index (χ3v) is 3.57. The van der Waals surface area contributed by atoms with Gasteiger partial charge in [0.1, 0.15) is 12.4 Å². The summed E-state index contributed by atoms with van der Waals surface area (Å²) in [5.41, 5.74) is 0.436. The smallest absolute Gasteiger partial charge is 0.291 e. The van der Waals surface area contributed by atoms with Crippen LogP contribution < -0.4 is 14.8 Å². The molecule has 0 saturated carbocycles. The molecule has 2 heterocycles. The maximum absolute atomic E-state index is 12.2. The number of benzene rings is 1. The molecule has 122 valence electrons. The summed E-state index contributed by atoms with van der Waals surface area (Å²) in [5, 5.41) is 3.08. The van der Waals surface area contributed by atoms with Gasteiger partial charge in [-0.05, 0) is 12.1 Å². The van der Waals surface area contributed by atoms with E-state index in [1.807, 2.05) is 0 Å². The zero-order chi connectivity index (χ0) is 16.2. The minimum absolute atomic E-state index is 0.181. The number of carbonyl (C=O) groups is 1. The molecule has 1 aromatic heterocycles. The third-order valence-electron chi connectivity index (χ3n) is 3.26. The van der Waals surface area contributed by atoms with Crippen LogP contribution in [0.4, 0.5) is 5.69 Å². The van der Waals surface area contributed by atoms with E-state index in [9.17, 15) is 4.79 Å². The first-order valence-electron chi connectivity index (χ1n) is 7.15. The lowest BCUT2D eigenvalue weighted by atomic mass is 10.2. The number of amides is 1. The highest BCUT2D eigenvalue weighted by atomic mass is 35.5. The first-order chi connectivity index (χ1) is 11.2. The highest BCUT2D eigenvalue weighted by Crippen LogP contribution is 2.37. The Morgan fingerprint density at radius 1 is 1.26 bits per heavy atom. The van der Waals surface area contributed by atoms with Crippen LogP contribution in [0.25, 0.3) is 0 Å². The average molecular weight is 338 g/mol. The van der Waals surface area contributed by atoms with Crippen molar-refractivity contribution in [3.63, 3.8) is 0 Å². The largest absolute Gasteiger partial charge is 0.490 e. The van der Waals surface area contributed by atoms with E-state index in [1.54, 1.807) is 31.4 Å². The van der Waals surface area contributed by atoms with E-state index in [0.29, 0.717) is 47.8 Å². The number of ether oxygens (including phenoxy) is 3. The van der Waals surface area contributed by atoms with E-state index < -0.39 is 5.91 Å². The van der Waals surface area contributed by atoms with E-state index in [1.165, 1.54) is 0 Å². The van der Waals surface area contributed by atoms with E-state index in [0.717, 1.165) is 6.42 Å². The molecule has 0 radical (unpaired) electrons. The SMILES string of the molecule is COCc1ccc(C(=O)Nc2cc3c(cc2Cl)OCCCO3)o1. The van der Waals surface area contributed by atoms with Gasteiger partial charge in [0.05, 0.1) is 23.9 Å². The summed E-state index contributed by atoms with van der Waals surface area (Å²) in [6.45, 7) is 1.43. The van der Waals surface area contributed by atoms with Crippen molar-refractivity contribution in [2.45, 2.75) is 13.0 Å². The molecule has 1 amide bonds. The minimum atomic E-state index is -0.399. The fraction of sp³-hybridized carbons (Fsp3) is 0.312. The Morgan fingerprint density at radius 2 is 2.00 bits per heavy atom. The number of rotatable bonds is 4. The lowest BCUT2D eigenvalue weighted by Crippen LogP contribution is -2.11. The van der Waals surface area contributed by atoms with Crippen LogP contribution in [-0.4, -0.2) is 26.2 Å². The molecule has 1 aromatic carbocycles. The van der Waals surface area contributed by atoms with Crippen LogP contribution in [0.5, 0.6) is 11.5 Å². The predicted octanol–water partition coefficient (Wildman–Crippen LogP) is 3.49. The van der Waals surface area contributed by atoms with Crippen LogP contribution in [0.1, 0.15) is 22.7 Å². The number of furan rings is 1. The fourth-order valence-electron chi connectivity index (χ4n) is 2.18. The highest BCUT2D eigenvalue weighted by molar-refractivity contribution is 6.34. The number of nitrogens with one attached hydrogen (secondary N) is 1. The summed E-state index contributed by atoms with van der Waals surface area (Å²) in [7, 11) is 1.56. The average Bonchev–Trinajstić information content (AvgIpc) is 2.88. The molecule has 0 atom stereocenters. The Hall–Kier alpha value is -2.18. The number of halogens is 1. The quantitative estimate of drug-likeness (QED) is 0.924. The van der Waals surface area contributed by atoms with Crippen LogP contribution in [0.15, 0.2) is 28.7 Å². The lowest BCUT2D eigenvalue weighted by Gasteiger charge is -2.12. The summed E-state index contributed by atoms with van der Waals surface area (Å²) in [6, 6.07) is 6.56. The van der Waals surface area contributed by atoms with Crippen LogP contribution in [0, 0.1) is 0 Å². The van der Waals surface area contributed by atoms with Crippen molar-refractivity contribution in [2.75, 3.05) is 25.6 Å². The molecule has 1 N–H and O–H groups in total. The monoisotopic (exact) mass is 337 g/mol. The Bertz CT molecular complexity index is 712. The van der Waals surface area contributed by atoms with Gasteiger partial charge in [-0.3, -0.25) is 4.79 Å². The van der Waals surface area contributed by atoms with Crippen molar-refractivity contribution in [2.24, 2.45) is 0 Å². The van der Waals surface area contributed by atoms with Gasteiger partial charge in [0.2, 0.25) is 0 Å². The summed E-state index contributed by atoms with van der Waals surface area (Å²) in [6.07, 6.45) is 0.794. The summed E-state index contributed by atoms with van der Waals surface area (Å²) < 4.78 is 21.5. The minimum Gasteiger partial charge on any atom is -0.490 e. The molecule has 2 aromatic rings. The molecule has 0 bridgehead atoms. The number of hydrogen-bond donors (Lipinski definition) is 1. The van der Waals surface area contributed by atoms with Crippen molar-refractivity contribution in [3.8, 4) is 11.5 Å². The molecule has 1 aliphatic heterocycles. The lowest BCUT2D eigenvalue weighted by molar-refractivity contribution is 0.0987. The van der Waals surface area contributed by atoms with Crippen molar-refractivity contribution in [1.82, 2.24) is 0 Å². The van der Waals surface area contributed by atoms with Crippen LogP contribution in [0.2, 0.25) is 5.02 Å². The van der Waals surface area contributed by atoms with Gasteiger partial charge in [-0.2, -0.15) is 0 Å². The van der Waals surface area contributed by atoms with Gasteiger partial charge in [0, 0.05) is 25.7 Å². The van der Waals surface area contributed by atoms with Crippen molar-refractivity contribution in [1.29, 1.82) is 0 Å². The van der Waals surface area contributed by atoms with Gasteiger partial charge in [0.25, 0.3) is 5.91 Å². The van der Waals surface area contributed by atoms with Gasteiger partial charge in [-0.25, -0.2) is 0 Å². The van der Waals surface area contributed by atoms with E-state index in [4.69, 9.17) is 30.2 Å². The zero-order valence-corrected chi connectivity index (χ0v) is 13.3. The van der Waals surface area contributed by atoms with Crippen molar-refractivity contribution >= 4 is 23.2 Å². The van der Waals surface area contributed by atoms with Crippen molar-refractivity contribution < 1.29 is 23.4 Å². The van der Waals surface area contributed by atoms with Gasteiger partial charge in [0.15, 0.2) is 17.3 Å². The Balaban J connectivity index is 1.78. The first kappa shape index (κ1) is 15.7. The Morgan fingerprint density at radius 3 is 2.74 bits per heavy atom. The zero-order valence-electron chi connectivity index (χ0n) is 12.6. The topological polar surface area (TPSA) is 69.9 Å². The molecule has 1 aliphatic rings. The molecule has 23 heavy (non-hydrogen) atoms. The second kappa shape index (κ2) is 6.93. The standard InChI is InChI=1S/C16H16ClNO5/c1-20-9-10-3-4-13(23-10)16(19)18-12-8-15-14(7-11(12)17)21-5-2-6-22-15/h3-4,7-8H,2,5-6,9H2,1H3,(H,18,19). The molecule has 0 fully saturated rings. The maximum Gasteiger partial charge on any atom is 0.291 e. The number of fused-ring (bicyclic) bond motifs is 1. The normalized spacial score (nSPS) is 13.5. The van der Waals surface area contributed by atoms with Crippen molar-refractivity contribution in [3.05, 3.63) is 40.8 Å². The summed E-state index contributed by atoms with van der Waals surface area (Å²) >= 11 is 6.20. The first-order valence-corrected chi connectivity index (χ1v) is 7.53. The number of hydrogen-bond acceptors (Lipinski definition) is 5. The molecule has 0 spiro atoms. The molecule has 6 nitrogen and oxygen atoms in total. The molecule has 7 heteroatoms. The number of carbonyl (C=O) groups excluding carboxylic acids is 1. The third kappa shape index (κ3) is 3.60. The van der Waals surface area contributed by atoms with Gasteiger partial charge < -0.3 is 23.9 Å². The molecule has 0 saturated heterocycles. The van der Waals surface area contributed by atoms with E-state index >= 15 is 0 Å². The second-order valence-electron chi connectivity index (χ2n) is 4.98. The summed E-state index contributed by atoms with van der Waals surface area (Å²) in [5.74, 6) is 1.49. The number of methoxy groups -OCH3 is 1. The molecular weight excluding hydrogens is 322 g/mol. The van der Waals surface area contributed by atoms with Crippen LogP contribution >= 0.6 is 11.6 Å². The number of anilines is 1. The fourth-order valence-corrected chi connectivity index (χ4v) is 2.38. The summed E-state index contributed by atoms with van der Waals surface area (Å²) in [4.78, 5) is 12.2. The molecular formula is C16H16ClNO5. The Labute approximate surface area is 138 Å². The second-order valence-corrected chi connectivity index (χ2v) is 5.39. The molecule has 3 rings (SSSR count). The van der Waals surface area contributed by atoms with Gasteiger partial charge in [-0.15, -0.1) is 0 Å². The highest BCUT2D eigenvalue weighted by Gasteiger charge is 2.17. The van der Waals surface area contributed by atoms with Crippen LogP contribution in [-0.2, 0) is 11.3 Å². The molecule has 0 unspecified atom stereocenters. The van der Waals surface area contributed by atoms with Gasteiger partial charge in [-0.1, -0.05) is 11.6 Å². The van der Waals surface area contributed by atoms with E-state index in [-0.39, 0.29) is 5.76 Å².